The molecule has 0 saturated carbocycles. The van der Waals surface area contributed by atoms with E-state index in [2.05, 4.69) is 54.9 Å². The number of nitrogens with zero attached hydrogens (tertiary/aromatic N) is 6. The van der Waals surface area contributed by atoms with Crippen LogP contribution in [0.4, 0.5) is 17.5 Å². The summed E-state index contributed by atoms with van der Waals surface area (Å²) in [6.07, 6.45) is 9.50. The monoisotopic (exact) mass is 413 g/mol. The molecular weight excluding hydrogens is 390 g/mol. The summed E-state index contributed by atoms with van der Waals surface area (Å²) in [4.78, 5) is 20.9. The maximum absolute atomic E-state index is 5.59. The van der Waals surface area contributed by atoms with Crippen LogP contribution in [0.5, 0.6) is 0 Å². The first-order chi connectivity index (χ1) is 15.3. The van der Waals surface area contributed by atoms with E-state index in [0.717, 1.165) is 72.1 Å². The van der Waals surface area contributed by atoms with Crippen LogP contribution in [0.25, 0.3) is 16.6 Å². The van der Waals surface area contributed by atoms with Crippen molar-refractivity contribution >= 4 is 28.4 Å². The predicted octanol–water partition coefficient (Wildman–Crippen LogP) is 3.76. The van der Waals surface area contributed by atoms with Gasteiger partial charge in [0.1, 0.15) is 11.5 Å². The Labute approximate surface area is 179 Å². The van der Waals surface area contributed by atoms with E-state index < -0.39 is 0 Å². The first kappa shape index (κ1) is 18.3. The second-order valence-corrected chi connectivity index (χ2v) is 8.08. The number of rotatable bonds is 3. The van der Waals surface area contributed by atoms with E-state index in [4.69, 9.17) is 9.72 Å². The molecule has 31 heavy (non-hydrogen) atoms. The fourth-order valence-electron chi connectivity index (χ4n) is 4.48. The summed E-state index contributed by atoms with van der Waals surface area (Å²) in [5.41, 5.74) is 4.04. The van der Waals surface area contributed by atoms with E-state index in [1.807, 2.05) is 30.9 Å². The zero-order valence-electron chi connectivity index (χ0n) is 17.3. The zero-order chi connectivity index (χ0) is 20.8. The van der Waals surface area contributed by atoms with Gasteiger partial charge in [0.25, 0.3) is 0 Å². The summed E-state index contributed by atoms with van der Waals surface area (Å²) < 4.78 is 7.67. The normalized spacial score (nSPS) is 16.2. The molecule has 1 aromatic carbocycles. The van der Waals surface area contributed by atoms with E-state index in [1.54, 1.807) is 0 Å². The molecule has 4 aromatic rings. The fourth-order valence-corrected chi connectivity index (χ4v) is 4.48. The highest BCUT2D eigenvalue weighted by Crippen LogP contribution is 2.34. The van der Waals surface area contributed by atoms with Crippen molar-refractivity contribution < 1.29 is 4.74 Å². The fraction of sp³-hybridized carbons (Fsp3) is 0.304. The minimum atomic E-state index is 0.383. The van der Waals surface area contributed by atoms with Crippen molar-refractivity contribution in [3.63, 3.8) is 0 Å². The lowest BCUT2D eigenvalue weighted by atomic mass is 10.1. The highest BCUT2D eigenvalue weighted by Gasteiger charge is 2.31. The summed E-state index contributed by atoms with van der Waals surface area (Å²) in [7, 11) is 0. The summed E-state index contributed by atoms with van der Waals surface area (Å²) in [5.74, 6) is 2.54. The third kappa shape index (κ3) is 3.19. The molecule has 3 aromatic heterocycles. The molecule has 2 aliphatic heterocycles. The molecule has 1 N–H and O–H groups in total. The van der Waals surface area contributed by atoms with Crippen molar-refractivity contribution in [2.45, 2.75) is 32.4 Å². The van der Waals surface area contributed by atoms with Crippen LogP contribution < -0.4 is 10.2 Å². The lowest BCUT2D eigenvalue weighted by Gasteiger charge is -2.38. The number of aromatic nitrogens is 5. The van der Waals surface area contributed by atoms with Crippen molar-refractivity contribution in [1.82, 2.24) is 24.5 Å². The number of imidazole rings is 1. The Morgan fingerprint density at radius 2 is 2.00 bits per heavy atom. The molecule has 5 heterocycles. The van der Waals surface area contributed by atoms with Crippen LogP contribution in [0, 0.1) is 6.92 Å². The van der Waals surface area contributed by atoms with Crippen LogP contribution in [0.2, 0.25) is 0 Å². The minimum absolute atomic E-state index is 0.383. The van der Waals surface area contributed by atoms with Gasteiger partial charge in [-0.3, -0.25) is 9.55 Å². The molecule has 0 atom stereocenters. The quantitative estimate of drug-likeness (QED) is 0.548. The Bertz CT molecular complexity index is 1260. The van der Waals surface area contributed by atoms with Crippen LogP contribution >= 0.6 is 0 Å². The number of benzene rings is 1. The molecule has 0 amide bonds. The zero-order valence-corrected chi connectivity index (χ0v) is 17.3. The van der Waals surface area contributed by atoms with E-state index in [0.29, 0.717) is 12.0 Å². The molecular formula is C23H23N7O. The standard InChI is InChI=1S/C23H23N7O/c1-15-11-19-16(3-2-6-24-19)12-18(15)27-23-26-13-20-22(28-23)30(17-4-9-31-10-5-17)14-21-25-7-8-29(20)21/h2-3,6-8,11-13,17H,4-5,9-10,14H2,1H3,(H,26,27,28). The molecule has 0 bridgehead atoms. The van der Waals surface area contributed by atoms with Gasteiger partial charge in [0.15, 0.2) is 5.82 Å². The van der Waals surface area contributed by atoms with E-state index >= 15 is 0 Å². The van der Waals surface area contributed by atoms with Crippen LogP contribution in [-0.2, 0) is 11.3 Å². The summed E-state index contributed by atoms with van der Waals surface area (Å²) in [5, 5.41) is 4.51. The Hall–Kier alpha value is -3.52. The molecule has 1 saturated heterocycles. The van der Waals surface area contributed by atoms with Gasteiger partial charge in [0, 0.05) is 48.9 Å². The highest BCUT2D eigenvalue weighted by atomic mass is 16.5. The lowest BCUT2D eigenvalue weighted by molar-refractivity contribution is 0.0836. The van der Waals surface area contributed by atoms with Gasteiger partial charge in [-0.1, -0.05) is 6.07 Å². The van der Waals surface area contributed by atoms with Crippen LogP contribution in [0.3, 0.4) is 0 Å². The number of hydrogen-bond acceptors (Lipinski definition) is 7. The largest absolute Gasteiger partial charge is 0.381 e. The summed E-state index contributed by atoms with van der Waals surface area (Å²) in [6, 6.07) is 8.58. The first-order valence-corrected chi connectivity index (χ1v) is 10.6. The van der Waals surface area contributed by atoms with Gasteiger partial charge in [-0.2, -0.15) is 4.98 Å². The minimum Gasteiger partial charge on any atom is -0.381 e. The number of aryl methyl sites for hydroxylation is 1. The molecule has 8 nitrogen and oxygen atoms in total. The number of fused-ring (bicyclic) bond motifs is 4. The van der Waals surface area contributed by atoms with Gasteiger partial charge in [-0.05, 0) is 43.5 Å². The summed E-state index contributed by atoms with van der Waals surface area (Å²) in [6.45, 7) is 4.37. The third-order valence-corrected chi connectivity index (χ3v) is 6.14. The molecule has 0 unspecified atom stereocenters. The number of ether oxygens (including phenoxy) is 1. The van der Waals surface area contributed by atoms with Crippen molar-refractivity contribution in [2.24, 2.45) is 0 Å². The van der Waals surface area contributed by atoms with Gasteiger partial charge in [0.2, 0.25) is 5.95 Å². The Morgan fingerprint density at radius 1 is 1.10 bits per heavy atom. The molecule has 8 heteroatoms. The van der Waals surface area contributed by atoms with Gasteiger partial charge >= 0.3 is 0 Å². The number of anilines is 3. The molecule has 2 aliphatic rings. The molecule has 6 rings (SSSR count). The molecule has 1 fully saturated rings. The average molecular weight is 413 g/mol. The van der Waals surface area contributed by atoms with Crippen molar-refractivity contribution in [3.05, 3.63) is 60.4 Å². The Morgan fingerprint density at radius 3 is 2.90 bits per heavy atom. The maximum atomic E-state index is 5.59. The first-order valence-electron chi connectivity index (χ1n) is 10.6. The maximum Gasteiger partial charge on any atom is 0.229 e. The van der Waals surface area contributed by atoms with Gasteiger partial charge < -0.3 is 15.0 Å². The van der Waals surface area contributed by atoms with Gasteiger partial charge in [0.05, 0.1) is 18.3 Å². The Balaban J connectivity index is 1.39. The number of hydrogen-bond donors (Lipinski definition) is 1. The van der Waals surface area contributed by atoms with Crippen LogP contribution in [0.15, 0.2) is 49.1 Å². The second-order valence-electron chi connectivity index (χ2n) is 8.08. The molecule has 0 aliphatic carbocycles. The van der Waals surface area contributed by atoms with Crippen LogP contribution in [0.1, 0.15) is 24.2 Å². The third-order valence-electron chi connectivity index (χ3n) is 6.14. The molecule has 0 radical (unpaired) electrons. The second kappa shape index (κ2) is 7.31. The van der Waals surface area contributed by atoms with E-state index in [1.165, 1.54) is 0 Å². The predicted molar refractivity (Wildman–Crippen MR) is 119 cm³/mol. The van der Waals surface area contributed by atoms with Crippen LogP contribution in [-0.4, -0.2) is 43.8 Å². The smallest absolute Gasteiger partial charge is 0.229 e. The van der Waals surface area contributed by atoms with Crippen molar-refractivity contribution in [3.8, 4) is 5.69 Å². The van der Waals surface area contributed by atoms with Crippen molar-refractivity contribution in [2.75, 3.05) is 23.4 Å². The van der Waals surface area contributed by atoms with Crippen molar-refractivity contribution in [1.29, 1.82) is 0 Å². The van der Waals surface area contributed by atoms with Gasteiger partial charge in [-0.15, -0.1) is 0 Å². The number of nitrogens with one attached hydrogen (secondary N) is 1. The SMILES string of the molecule is Cc1cc2ncccc2cc1Nc1ncc2c(n1)N(C1CCOCC1)Cc1nccn1-2. The van der Waals surface area contributed by atoms with Gasteiger partial charge in [-0.25, -0.2) is 9.97 Å². The van der Waals surface area contributed by atoms with E-state index in [-0.39, 0.29) is 0 Å². The molecule has 0 spiro atoms. The summed E-state index contributed by atoms with van der Waals surface area (Å²) >= 11 is 0. The lowest BCUT2D eigenvalue weighted by Crippen LogP contribution is -2.42. The number of pyridine rings is 1. The Kier molecular flexibility index (Phi) is 4.31. The topological polar surface area (TPSA) is 81.0 Å². The molecule has 156 valence electrons. The highest BCUT2D eigenvalue weighted by molar-refractivity contribution is 5.84. The average Bonchev–Trinajstić information content (AvgIpc) is 3.28. The van der Waals surface area contributed by atoms with E-state index in [9.17, 15) is 0 Å².